The SMILES string of the molecule is Nc1cc(C(=O)NCc2nccs2)c(F)cc1F. The molecule has 3 N–H and O–H groups in total. The molecule has 1 amide bonds. The van der Waals surface area contributed by atoms with Crippen LogP contribution in [-0.4, -0.2) is 10.9 Å². The van der Waals surface area contributed by atoms with Gasteiger partial charge in [-0.25, -0.2) is 13.8 Å². The number of halogens is 2. The molecule has 0 saturated heterocycles. The minimum absolute atomic E-state index is 0.188. The molecule has 0 saturated carbocycles. The van der Waals surface area contributed by atoms with Crippen LogP contribution in [0.2, 0.25) is 0 Å². The highest BCUT2D eigenvalue weighted by atomic mass is 32.1. The number of carbonyl (C=O) groups is 1. The summed E-state index contributed by atoms with van der Waals surface area (Å²) in [5, 5.41) is 4.94. The summed E-state index contributed by atoms with van der Waals surface area (Å²) in [7, 11) is 0. The van der Waals surface area contributed by atoms with Crippen LogP contribution in [0.25, 0.3) is 0 Å². The van der Waals surface area contributed by atoms with E-state index in [0.29, 0.717) is 11.1 Å². The van der Waals surface area contributed by atoms with E-state index in [2.05, 4.69) is 10.3 Å². The molecule has 2 rings (SSSR count). The lowest BCUT2D eigenvalue weighted by Gasteiger charge is -2.06. The lowest BCUT2D eigenvalue weighted by Crippen LogP contribution is -2.24. The van der Waals surface area contributed by atoms with Crippen LogP contribution in [-0.2, 0) is 6.54 Å². The van der Waals surface area contributed by atoms with E-state index in [0.717, 1.165) is 6.07 Å². The van der Waals surface area contributed by atoms with E-state index in [1.54, 1.807) is 11.6 Å². The van der Waals surface area contributed by atoms with Gasteiger partial charge < -0.3 is 11.1 Å². The Bertz CT molecular complexity index is 572. The first-order valence-corrected chi connectivity index (χ1v) is 5.87. The monoisotopic (exact) mass is 269 g/mol. The molecule has 4 nitrogen and oxygen atoms in total. The third-order valence-electron chi connectivity index (χ3n) is 2.21. The van der Waals surface area contributed by atoms with Gasteiger partial charge in [-0.1, -0.05) is 0 Å². The van der Waals surface area contributed by atoms with Crippen molar-refractivity contribution in [3.05, 3.63) is 45.9 Å². The molecule has 1 aromatic heterocycles. The number of nitrogens with zero attached hydrogens (tertiary/aromatic N) is 1. The lowest BCUT2D eigenvalue weighted by molar-refractivity contribution is 0.0947. The maximum Gasteiger partial charge on any atom is 0.254 e. The molecule has 7 heteroatoms. The minimum Gasteiger partial charge on any atom is -0.396 e. The molecule has 94 valence electrons. The van der Waals surface area contributed by atoms with Gasteiger partial charge in [0.25, 0.3) is 5.91 Å². The van der Waals surface area contributed by atoms with Gasteiger partial charge in [-0.05, 0) is 6.07 Å². The van der Waals surface area contributed by atoms with Crippen LogP contribution in [0.15, 0.2) is 23.7 Å². The molecule has 0 aliphatic rings. The van der Waals surface area contributed by atoms with Gasteiger partial charge in [0.05, 0.1) is 17.8 Å². The van der Waals surface area contributed by atoms with E-state index in [1.165, 1.54) is 11.3 Å². The predicted molar refractivity (Wildman–Crippen MR) is 64.1 cm³/mol. The van der Waals surface area contributed by atoms with Crippen LogP contribution in [0.3, 0.4) is 0 Å². The Hall–Kier alpha value is -2.02. The molecule has 2 aromatic rings. The molecule has 0 fully saturated rings. The van der Waals surface area contributed by atoms with Crippen LogP contribution in [0.1, 0.15) is 15.4 Å². The van der Waals surface area contributed by atoms with Crippen LogP contribution in [0.5, 0.6) is 0 Å². The Balaban J connectivity index is 2.11. The molecular formula is C11H9F2N3OS. The van der Waals surface area contributed by atoms with Gasteiger partial charge in [0.1, 0.15) is 16.6 Å². The third-order valence-corrected chi connectivity index (χ3v) is 2.99. The number of nitrogens with two attached hydrogens (primary N) is 1. The second-order valence-corrected chi connectivity index (χ2v) is 4.44. The molecule has 0 aliphatic heterocycles. The number of anilines is 1. The predicted octanol–water partition coefficient (Wildman–Crippen LogP) is 1.93. The second-order valence-electron chi connectivity index (χ2n) is 3.46. The summed E-state index contributed by atoms with van der Waals surface area (Å²) >= 11 is 1.37. The molecule has 1 aromatic carbocycles. The zero-order chi connectivity index (χ0) is 13.1. The summed E-state index contributed by atoms with van der Waals surface area (Å²) < 4.78 is 26.3. The van der Waals surface area contributed by atoms with Gasteiger partial charge in [-0.3, -0.25) is 4.79 Å². The number of carbonyl (C=O) groups excluding carboxylic acids is 1. The first kappa shape index (κ1) is 12.4. The van der Waals surface area contributed by atoms with Gasteiger partial charge in [0, 0.05) is 17.6 Å². The van der Waals surface area contributed by atoms with Crippen molar-refractivity contribution in [2.24, 2.45) is 0 Å². The quantitative estimate of drug-likeness (QED) is 0.837. The Labute approximate surface area is 105 Å². The molecular weight excluding hydrogens is 260 g/mol. The number of rotatable bonds is 3. The van der Waals surface area contributed by atoms with Crippen molar-refractivity contribution in [3.8, 4) is 0 Å². The van der Waals surface area contributed by atoms with E-state index in [4.69, 9.17) is 5.73 Å². The van der Waals surface area contributed by atoms with Gasteiger partial charge in [0.2, 0.25) is 0 Å². The average Bonchev–Trinajstić information content (AvgIpc) is 2.84. The van der Waals surface area contributed by atoms with Crippen molar-refractivity contribution in [3.63, 3.8) is 0 Å². The molecule has 0 aliphatic carbocycles. The fourth-order valence-corrected chi connectivity index (χ4v) is 1.89. The van der Waals surface area contributed by atoms with Gasteiger partial charge in [0.15, 0.2) is 0 Å². The molecule has 1 heterocycles. The number of benzene rings is 1. The number of aromatic nitrogens is 1. The van der Waals surface area contributed by atoms with Crippen LogP contribution in [0, 0.1) is 11.6 Å². The van der Waals surface area contributed by atoms with Crippen molar-refractivity contribution in [1.29, 1.82) is 0 Å². The molecule has 18 heavy (non-hydrogen) atoms. The molecule has 0 spiro atoms. The summed E-state index contributed by atoms with van der Waals surface area (Å²) in [5.41, 5.74) is 4.73. The summed E-state index contributed by atoms with van der Waals surface area (Å²) in [4.78, 5) is 15.6. The Kier molecular flexibility index (Phi) is 3.52. The summed E-state index contributed by atoms with van der Waals surface area (Å²) in [5.74, 6) is -2.49. The fraction of sp³-hybridized carbons (Fsp3) is 0.0909. The third kappa shape index (κ3) is 2.62. The number of nitrogen functional groups attached to an aromatic ring is 1. The highest BCUT2D eigenvalue weighted by molar-refractivity contribution is 7.09. The Morgan fingerprint density at radius 2 is 2.17 bits per heavy atom. The van der Waals surface area contributed by atoms with Crippen molar-refractivity contribution >= 4 is 22.9 Å². The fourth-order valence-electron chi connectivity index (χ4n) is 1.33. The van der Waals surface area contributed by atoms with Crippen molar-refractivity contribution in [2.75, 3.05) is 5.73 Å². The van der Waals surface area contributed by atoms with E-state index >= 15 is 0 Å². The van der Waals surface area contributed by atoms with Crippen molar-refractivity contribution in [1.82, 2.24) is 10.3 Å². The second kappa shape index (κ2) is 5.09. The smallest absolute Gasteiger partial charge is 0.254 e. The van der Waals surface area contributed by atoms with Gasteiger partial charge in [-0.2, -0.15) is 0 Å². The summed E-state index contributed by atoms with van der Waals surface area (Å²) in [6, 6.07) is 1.56. The number of amides is 1. The van der Waals surface area contributed by atoms with E-state index < -0.39 is 17.5 Å². The Morgan fingerprint density at radius 3 is 2.83 bits per heavy atom. The number of nitrogens with one attached hydrogen (secondary N) is 1. The molecule has 0 atom stereocenters. The number of hydrogen-bond acceptors (Lipinski definition) is 4. The van der Waals surface area contributed by atoms with Crippen molar-refractivity contribution in [2.45, 2.75) is 6.54 Å². The molecule has 0 bridgehead atoms. The molecule has 0 radical (unpaired) electrons. The van der Waals surface area contributed by atoms with E-state index in [-0.39, 0.29) is 17.8 Å². The molecule has 0 unspecified atom stereocenters. The standard InChI is InChI=1S/C11H9F2N3OS/c12-7-4-8(13)9(14)3-6(7)11(17)16-5-10-15-1-2-18-10/h1-4H,5,14H2,(H,16,17). The summed E-state index contributed by atoms with van der Waals surface area (Å²) in [6.45, 7) is 0.188. The topological polar surface area (TPSA) is 68.0 Å². The minimum atomic E-state index is -0.946. The Morgan fingerprint density at radius 1 is 1.39 bits per heavy atom. The maximum absolute atomic E-state index is 13.4. The average molecular weight is 269 g/mol. The largest absolute Gasteiger partial charge is 0.396 e. The lowest BCUT2D eigenvalue weighted by atomic mass is 10.1. The number of hydrogen-bond donors (Lipinski definition) is 2. The zero-order valence-electron chi connectivity index (χ0n) is 9.11. The normalized spacial score (nSPS) is 10.3. The van der Waals surface area contributed by atoms with E-state index in [1.807, 2.05) is 0 Å². The first-order chi connectivity index (χ1) is 8.58. The van der Waals surface area contributed by atoms with Crippen LogP contribution >= 0.6 is 11.3 Å². The highest BCUT2D eigenvalue weighted by Gasteiger charge is 2.14. The first-order valence-electron chi connectivity index (χ1n) is 4.99. The van der Waals surface area contributed by atoms with Crippen molar-refractivity contribution < 1.29 is 13.6 Å². The van der Waals surface area contributed by atoms with Crippen LogP contribution in [0.4, 0.5) is 14.5 Å². The maximum atomic E-state index is 13.4. The van der Waals surface area contributed by atoms with Gasteiger partial charge in [-0.15, -0.1) is 11.3 Å². The number of thiazole rings is 1. The van der Waals surface area contributed by atoms with Gasteiger partial charge >= 0.3 is 0 Å². The highest BCUT2D eigenvalue weighted by Crippen LogP contribution is 2.16. The van der Waals surface area contributed by atoms with Crippen LogP contribution < -0.4 is 11.1 Å². The zero-order valence-corrected chi connectivity index (χ0v) is 9.93. The van der Waals surface area contributed by atoms with E-state index in [9.17, 15) is 13.6 Å². The summed E-state index contributed by atoms with van der Waals surface area (Å²) in [6.07, 6.45) is 1.60.